The van der Waals surface area contributed by atoms with Crippen molar-refractivity contribution in [2.24, 2.45) is 0 Å². The first-order valence-electron chi connectivity index (χ1n) is 21.3. The Labute approximate surface area is 411 Å². The molecule has 0 N–H and O–H groups in total. The van der Waals surface area contributed by atoms with E-state index in [0.29, 0.717) is 27.4 Å². The van der Waals surface area contributed by atoms with Crippen LogP contribution in [0.25, 0.3) is 67.7 Å². The zero-order valence-electron chi connectivity index (χ0n) is 36.8. The number of aromatic nitrogens is 4. The van der Waals surface area contributed by atoms with E-state index in [-0.39, 0.29) is 21.2 Å². The van der Waals surface area contributed by atoms with Gasteiger partial charge in [0.15, 0.2) is 19.7 Å². The van der Waals surface area contributed by atoms with Crippen LogP contribution in [0.4, 0.5) is 19.0 Å². The number of imidazole rings is 2. The van der Waals surface area contributed by atoms with E-state index < -0.39 is 31.4 Å². The lowest BCUT2D eigenvalue weighted by molar-refractivity contribution is -0.137. The van der Waals surface area contributed by atoms with Crippen LogP contribution in [-0.2, 0) is 25.9 Å². The first kappa shape index (κ1) is 47.6. The van der Waals surface area contributed by atoms with Crippen LogP contribution in [0.3, 0.4) is 0 Å². The molecular weight excluding hydrogens is 983 g/mol. The number of halogens is 5. The van der Waals surface area contributed by atoms with Gasteiger partial charge in [-0.1, -0.05) is 96.0 Å². The van der Waals surface area contributed by atoms with Gasteiger partial charge in [0.2, 0.25) is 0 Å². The van der Waals surface area contributed by atoms with Gasteiger partial charge in [-0.05, 0) is 107 Å². The molecule has 9 nitrogen and oxygen atoms in total. The summed E-state index contributed by atoms with van der Waals surface area (Å²) in [4.78, 5) is 12.0. The van der Waals surface area contributed by atoms with Gasteiger partial charge in [0.1, 0.15) is 17.5 Å². The van der Waals surface area contributed by atoms with Crippen molar-refractivity contribution in [2.45, 2.75) is 22.4 Å². The molecule has 0 unspecified atom stereocenters. The van der Waals surface area contributed by atoms with Crippen LogP contribution in [0.1, 0.15) is 12.0 Å². The van der Waals surface area contributed by atoms with Gasteiger partial charge >= 0.3 is 6.18 Å². The highest BCUT2D eigenvalue weighted by atomic mass is 35.5. The van der Waals surface area contributed by atoms with Gasteiger partial charge in [-0.3, -0.25) is 9.13 Å². The van der Waals surface area contributed by atoms with Crippen LogP contribution in [0.5, 0.6) is 0 Å². The molecule has 69 heavy (non-hydrogen) atoms. The summed E-state index contributed by atoms with van der Waals surface area (Å²) in [5.41, 5.74) is 6.41. The average molecular weight is 1020 g/mol. The zero-order chi connectivity index (χ0) is 48.7. The minimum atomic E-state index is -4.52. The molecule has 1 aliphatic rings. The molecule has 0 amide bonds. The number of rotatable bonds is 10. The van der Waals surface area contributed by atoms with Crippen molar-refractivity contribution < 1.29 is 30.0 Å². The molecule has 6 aromatic carbocycles. The second kappa shape index (κ2) is 19.1. The Hall–Kier alpha value is -6.49. The SMILES string of the molecule is CS(=O)(=O)c1cccc(-c2ccc(-n3cc(-c4ccsc4)nc3-c3ccccc3Cl)c(Cl)c2)c1.CS(=O)(=O)c1cccc(-c2ccc(-n3cc(N4CCC4)nc3-c3ccccc3C(F)(F)F)cc2)c1. The molecule has 0 atom stereocenters. The number of alkyl halides is 3. The first-order valence-corrected chi connectivity index (χ1v) is 26.8. The third-order valence-electron chi connectivity index (χ3n) is 11.5. The summed E-state index contributed by atoms with van der Waals surface area (Å²) in [7, 11) is -6.66. The molecule has 0 spiro atoms. The molecule has 0 aliphatic carbocycles. The van der Waals surface area contributed by atoms with Crippen molar-refractivity contribution in [3.8, 4) is 67.7 Å². The quantitative estimate of drug-likeness (QED) is 0.134. The standard InChI is InChI=1S/C26H18Cl2N2O2S2.C26H22F3N3O2S/c1-34(31,32)20-6-4-5-17(13-20)18-9-10-25(23(28)14-18)30-15-24(19-11-12-33-16-19)29-26(30)21-7-2-3-8-22(21)27;1-35(33,34)21-7-4-6-19(16-21)18-10-12-20(13-11-18)32-17-24(31-14-5-15-31)30-25(32)22-8-2-3-9-23(22)26(27,28)29/h2-16H,1H3;2-4,6-13,16-17H,5,14-15H2,1H3. The van der Waals surface area contributed by atoms with Gasteiger partial charge in [0.05, 0.1) is 43.0 Å². The molecule has 17 heteroatoms. The van der Waals surface area contributed by atoms with Gasteiger partial charge in [-0.25, -0.2) is 26.8 Å². The van der Waals surface area contributed by atoms with Crippen molar-refractivity contribution in [3.05, 3.63) is 184 Å². The summed E-state index contributed by atoms with van der Waals surface area (Å²) in [6, 6.07) is 41.4. The van der Waals surface area contributed by atoms with Gasteiger partial charge < -0.3 is 4.90 Å². The van der Waals surface area contributed by atoms with Gasteiger partial charge in [-0.15, -0.1) is 0 Å². The molecule has 3 aromatic heterocycles. The van der Waals surface area contributed by atoms with Gasteiger partial charge in [0.25, 0.3) is 0 Å². The molecule has 10 rings (SSSR count). The maximum Gasteiger partial charge on any atom is 0.417 e. The van der Waals surface area contributed by atoms with Gasteiger partial charge in [-0.2, -0.15) is 24.5 Å². The topological polar surface area (TPSA) is 107 Å². The van der Waals surface area contributed by atoms with Crippen LogP contribution < -0.4 is 4.90 Å². The van der Waals surface area contributed by atoms with Crippen LogP contribution in [0.2, 0.25) is 10.0 Å². The molecule has 4 heterocycles. The van der Waals surface area contributed by atoms with E-state index in [9.17, 15) is 30.0 Å². The predicted octanol–water partition coefficient (Wildman–Crippen LogP) is 13.5. The summed E-state index contributed by atoms with van der Waals surface area (Å²) in [5, 5.41) is 5.15. The van der Waals surface area contributed by atoms with Crippen LogP contribution >= 0.6 is 34.5 Å². The first-order chi connectivity index (χ1) is 32.9. The molecule has 0 radical (unpaired) electrons. The van der Waals surface area contributed by atoms with E-state index in [1.165, 1.54) is 18.4 Å². The maximum atomic E-state index is 13.8. The average Bonchev–Trinajstić information content (AvgIpc) is 4.10. The normalized spacial score (nSPS) is 12.9. The smallest absolute Gasteiger partial charge is 0.355 e. The summed E-state index contributed by atoms with van der Waals surface area (Å²) >= 11 is 14.9. The Bertz CT molecular complexity index is 3570. The molecule has 0 bridgehead atoms. The Morgan fingerprint density at radius 2 is 1.17 bits per heavy atom. The number of nitrogens with zero attached hydrogens (tertiary/aromatic N) is 5. The van der Waals surface area contributed by atoms with Crippen LogP contribution in [0.15, 0.2) is 179 Å². The van der Waals surface area contributed by atoms with E-state index in [1.807, 2.05) is 99.2 Å². The van der Waals surface area contributed by atoms with E-state index in [1.54, 1.807) is 76.7 Å². The van der Waals surface area contributed by atoms with Crippen molar-refractivity contribution in [3.63, 3.8) is 0 Å². The number of anilines is 1. The van der Waals surface area contributed by atoms with Gasteiger partial charge in [0, 0.05) is 59.6 Å². The fourth-order valence-electron chi connectivity index (χ4n) is 7.83. The van der Waals surface area contributed by atoms with Crippen LogP contribution in [-0.4, -0.2) is 61.5 Å². The molecule has 350 valence electrons. The maximum absolute atomic E-state index is 13.8. The highest BCUT2D eigenvalue weighted by Crippen LogP contribution is 2.40. The number of sulfone groups is 2. The van der Waals surface area contributed by atoms with Crippen molar-refractivity contribution in [2.75, 3.05) is 30.5 Å². The molecule has 0 saturated carbocycles. The molecule has 1 saturated heterocycles. The van der Waals surface area contributed by atoms with E-state index in [2.05, 4.69) is 4.98 Å². The minimum absolute atomic E-state index is 0.0108. The minimum Gasteiger partial charge on any atom is -0.355 e. The lowest BCUT2D eigenvalue weighted by Crippen LogP contribution is -2.37. The largest absolute Gasteiger partial charge is 0.417 e. The number of hydrogen-bond acceptors (Lipinski definition) is 8. The third-order valence-corrected chi connectivity index (χ3v) is 15.1. The number of benzene rings is 6. The Morgan fingerprint density at radius 3 is 1.75 bits per heavy atom. The second-order valence-corrected chi connectivity index (χ2v) is 21.9. The van der Waals surface area contributed by atoms with Crippen molar-refractivity contribution >= 4 is 60.0 Å². The molecule has 9 aromatic rings. The fraction of sp³-hybridized carbons (Fsp3) is 0.115. The second-order valence-electron chi connectivity index (χ2n) is 16.3. The Kier molecular flexibility index (Phi) is 13.2. The summed E-state index contributed by atoms with van der Waals surface area (Å²) in [5.74, 6) is 1.53. The summed E-state index contributed by atoms with van der Waals surface area (Å²) < 4.78 is 92.7. The highest BCUT2D eigenvalue weighted by molar-refractivity contribution is 7.91. The lowest BCUT2D eigenvalue weighted by Gasteiger charge is -2.30. The van der Waals surface area contributed by atoms with E-state index in [0.717, 1.165) is 76.6 Å². The van der Waals surface area contributed by atoms with Crippen molar-refractivity contribution in [1.82, 2.24) is 19.1 Å². The fourth-order valence-corrected chi connectivity index (χ4v) is 10.3. The monoisotopic (exact) mass is 1020 g/mol. The van der Waals surface area contributed by atoms with E-state index >= 15 is 0 Å². The third kappa shape index (κ3) is 10.3. The van der Waals surface area contributed by atoms with Crippen LogP contribution in [0, 0.1) is 0 Å². The number of hydrogen-bond donors (Lipinski definition) is 0. The number of thiophene rings is 1. The Morgan fingerprint density at radius 1 is 0.580 bits per heavy atom. The predicted molar refractivity (Wildman–Crippen MR) is 270 cm³/mol. The zero-order valence-corrected chi connectivity index (χ0v) is 40.7. The molecule has 1 fully saturated rings. The lowest BCUT2D eigenvalue weighted by atomic mass is 10.0. The summed E-state index contributed by atoms with van der Waals surface area (Å²) in [6.07, 6.45) is 2.57. The molecular formula is C52H40Cl2F3N5O4S3. The van der Waals surface area contributed by atoms with E-state index in [4.69, 9.17) is 28.2 Å². The summed E-state index contributed by atoms with van der Waals surface area (Å²) in [6.45, 7) is 1.62. The Balaban J connectivity index is 0.000000172. The molecule has 1 aliphatic heterocycles. The van der Waals surface area contributed by atoms with Crippen molar-refractivity contribution in [1.29, 1.82) is 0 Å². The highest BCUT2D eigenvalue weighted by Gasteiger charge is 2.35.